The van der Waals surface area contributed by atoms with Crippen molar-refractivity contribution < 1.29 is 4.79 Å². The van der Waals surface area contributed by atoms with Gasteiger partial charge in [0.25, 0.3) is 0 Å². The van der Waals surface area contributed by atoms with Gasteiger partial charge in [0.1, 0.15) is 6.29 Å². The Morgan fingerprint density at radius 1 is 1.20 bits per heavy atom. The number of carbonyl (C=O) groups excluding carboxylic acids is 1. The van der Waals surface area contributed by atoms with E-state index in [4.69, 9.17) is 0 Å². The standard InChI is InChI=1S/C14H20O/c15-7-2-1-4-10-8-11-9-14(10)13-6-3-5-12(11)13/h4,7,11-14H,1-3,5-6,8-9H2/b10-4+/t11-,12-,13+,14-/m0/s1. The number of rotatable bonds is 3. The van der Waals surface area contributed by atoms with E-state index in [0.29, 0.717) is 0 Å². The Kier molecular flexibility index (Phi) is 2.42. The number of allylic oxidation sites excluding steroid dienone is 2. The van der Waals surface area contributed by atoms with Crippen LogP contribution in [-0.4, -0.2) is 6.29 Å². The van der Waals surface area contributed by atoms with E-state index in [-0.39, 0.29) is 0 Å². The van der Waals surface area contributed by atoms with Crippen LogP contribution in [0.1, 0.15) is 44.9 Å². The molecule has 0 amide bonds. The molecule has 0 spiro atoms. The van der Waals surface area contributed by atoms with E-state index in [1.807, 2.05) is 0 Å². The first-order valence-corrected chi connectivity index (χ1v) is 6.52. The van der Waals surface area contributed by atoms with Crippen LogP contribution >= 0.6 is 0 Å². The summed E-state index contributed by atoms with van der Waals surface area (Å²) >= 11 is 0. The molecule has 3 rings (SSSR count). The molecule has 0 saturated heterocycles. The lowest BCUT2D eigenvalue weighted by molar-refractivity contribution is -0.107. The molecule has 82 valence electrons. The SMILES string of the molecule is O=CCC/C=C1\C[C@H]2C[C@@H]1[C@@H]1CCC[C@@H]21. The molecule has 1 heteroatoms. The molecule has 3 aliphatic carbocycles. The van der Waals surface area contributed by atoms with Crippen LogP contribution in [0.4, 0.5) is 0 Å². The molecule has 0 aromatic rings. The Balaban J connectivity index is 1.70. The highest BCUT2D eigenvalue weighted by Crippen LogP contribution is 2.60. The molecule has 0 aromatic heterocycles. The third kappa shape index (κ3) is 1.47. The van der Waals surface area contributed by atoms with Crippen LogP contribution in [0.25, 0.3) is 0 Å². The van der Waals surface area contributed by atoms with Gasteiger partial charge in [-0.25, -0.2) is 0 Å². The van der Waals surface area contributed by atoms with Crippen molar-refractivity contribution in [2.24, 2.45) is 23.7 Å². The van der Waals surface area contributed by atoms with E-state index in [9.17, 15) is 4.79 Å². The molecule has 0 unspecified atom stereocenters. The Labute approximate surface area is 91.9 Å². The smallest absolute Gasteiger partial charge is 0.120 e. The van der Waals surface area contributed by atoms with Crippen LogP contribution in [0.3, 0.4) is 0 Å². The van der Waals surface area contributed by atoms with Crippen molar-refractivity contribution in [3.63, 3.8) is 0 Å². The lowest BCUT2D eigenvalue weighted by Gasteiger charge is -2.26. The Bertz CT molecular complexity index is 292. The number of aldehydes is 1. The molecule has 2 bridgehead atoms. The lowest BCUT2D eigenvalue weighted by atomic mass is 9.79. The number of carbonyl (C=O) groups is 1. The van der Waals surface area contributed by atoms with Gasteiger partial charge in [0.15, 0.2) is 0 Å². The fourth-order valence-electron chi connectivity index (χ4n) is 4.46. The third-order valence-electron chi connectivity index (χ3n) is 4.97. The molecular weight excluding hydrogens is 184 g/mol. The minimum atomic E-state index is 0.717. The van der Waals surface area contributed by atoms with E-state index in [1.54, 1.807) is 5.57 Å². The first-order chi connectivity index (χ1) is 7.40. The van der Waals surface area contributed by atoms with Gasteiger partial charge in [0, 0.05) is 6.42 Å². The zero-order valence-corrected chi connectivity index (χ0v) is 9.32. The van der Waals surface area contributed by atoms with Crippen LogP contribution in [0.5, 0.6) is 0 Å². The third-order valence-corrected chi connectivity index (χ3v) is 4.97. The molecule has 0 radical (unpaired) electrons. The first-order valence-electron chi connectivity index (χ1n) is 6.52. The Hall–Kier alpha value is -0.590. The maximum Gasteiger partial charge on any atom is 0.120 e. The summed E-state index contributed by atoms with van der Waals surface area (Å²) in [5.41, 5.74) is 1.71. The molecule has 4 atom stereocenters. The van der Waals surface area contributed by atoms with Gasteiger partial charge in [0.2, 0.25) is 0 Å². The molecular formula is C14H20O. The van der Waals surface area contributed by atoms with Gasteiger partial charge < -0.3 is 4.79 Å². The average Bonchev–Trinajstić information content (AvgIpc) is 2.89. The largest absolute Gasteiger partial charge is 0.303 e. The summed E-state index contributed by atoms with van der Waals surface area (Å²) in [5.74, 6) is 4.06. The predicted molar refractivity (Wildman–Crippen MR) is 60.4 cm³/mol. The predicted octanol–water partition coefficient (Wildman–Crippen LogP) is 3.35. The first kappa shape index (κ1) is 9.62. The van der Waals surface area contributed by atoms with Crippen molar-refractivity contribution in [3.05, 3.63) is 11.6 Å². The second kappa shape index (κ2) is 3.77. The van der Waals surface area contributed by atoms with E-state index >= 15 is 0 Å². The number of unbranched alkanes of at least 4 members (excludes halogenated alkanes) is 1. The summed E-state index contributed by atoms with van der Waals surface area (Å²) in [6.45, 7) is 0. The maximum absolute atomic E-state index is 10.3. The van der Waals surface area contributed by atoms with Gasteiger partial charge in [-0.15, -0.1) is 0 Å². The van der Waals surface area contributed by atoms with E-state index in [2.05, 4.69) is 6.08 Å². The van der Waals surface area contributed by atoms with Crippen LogP contribution in [-0.2, 0) is 4.79 Å². The number of hydrogen-bond donors (Lipinski definition) is 0. The molecule has 3 fully saturated rings. The van der Waals surface area contributed by atoms with Gasteiger partial charge in [-0.1, -0.05) is 18.1 Å². The molecule has 1 nitrogen and oxygen atoms in total. The number of fused-ring (bicyclic) bond motifs is 5. The highest BCUT2D eigenvalue weighted by molar-refractivity contribution is 5.49. The normalized spacial score (nSPS) is 44.9. The zero-order valence-electron chi connectivity index (χ0n) is 9.32. The average molecular weight is 204 g/mol. The quantitative estimate of drug-likeness (QED) is 0.391. The van der Waals surface area contributed by atoms with Crippen LogP contribution in [0.2, 0.25) is 0 Å². The summed E-state index contributed by atoms with van der Waals surface area (Å²) in [7, 11) is 0. The number of hydrogen-bond acceptors (Lipinski definition) is 1. The molecule has 15 heavy (non-hydrogen) atoms. The van der Waals surface area contributed by atoms with Gasteiger partial charge in [-0.3, -0.25) is 0 Å². The van der Waals surface area contributed by atoms with Gasteiger partial charge in [-0.2, -0.15) is 0 Å². The van der Waals surface area contributed by atoms with Crippen molar-refractivity contribution >= 4 is 6.29 Å². The molecule has 0 aliphatic heterocycles. The topological polar surface area (TPSA) is 17.1 Å². The summed E-state index contributed by atoms with van der Waals surface area (Å²) in [4.78, 5) is 10.3. The maximum atomic E-state index is 10.3. The van der Waals surface area contributed by atoms with Crippen molar-refractivity contribution in [1.29, 1.82) is 0 Å². The summed E-state index contributed by atoms with van der Waals surface area (Å²) in [5, 5.41) is 0. The molecule has 0 heterocycles. The van der Waals surface area contributed by atoms with Gasteiger partial charge in [0.05, 0.1) is 0 Å². The van der Waals surface area contributed by atoms with Crippen molar-refractivity contribution in [3.8, 4) is 0 Å². The van der Waals surface area contributed by atoms with Gasteiger partial charge >= 0.3 is 0 Å². The van der Waals surface area contributed by atoms with Crippen molar-refractivity contribution in [2.75, 3.05) is 0 Å². The van der Waals surface area contributed by atoms with E-state index in [1.165, 1.54) is 32.1 Å². The summed E-state index contributed by atoms with van der Waals surface area (Å²) < 4.78 is 0. The van der Waals surface area contributed by atoms with Crippen LogP contribution in [0, 0.1) is 23.7 Å². The second-order valence-corrected chi connectivity index (χ2v) is 5.59. The summed E-state index contributed by atoms with van der Waals surface area (Å²) in [6.07, 6.45) is 12.4. The minimum Gasteiger partial charge on any atom is -0.303 e. The zero-order chi connectivity index (χ0) is 10.3. The van der Waals surface area contributed by atoms with Crippen LogP contribution in [0.15, 0.2) is 11.6 Å². The Morgan fingerprint density at radius 2 is 2.07 bits per heavy atom. The fraction of sp³-hybridized carbons (Fsp3) is 0.786. The summed E-state index contributed by atoms with van der Waals surface area (Å²) in [6, 6.07) is 0. The fourth-order valence-corrected chi connectivity index (χ4v) is 4.46. The van der Waals surface area contributed by atoms with Crippen molar-refractivity contribution in [1.82, 2.24) is 0 Å². The highest BCUT2D eigenvalue weighted by Gasteiger charge is 2.51. The molecule has 3 saturated carbocycles. The molecule has 0 aromatic carbocycles. The molecule has 3 aliphatic rings. The van der Waals surface area contributed by atoms with Gasteiger partial charge in [-0.05, 0) is 55.8 Å². The minimum absolute atomic E-state index is 0.717. The monoisotopic (exact) mass is 204 g/mol. The van der Waals surface area contributed by atoms with E-state index < -0.39 is 0 Å². The Morgan fingerprint density at radius 3 is 2.93 bits per heavy atom. The van der Waals surface area contributed by atoms with E-state index in [0.717, 1.165) is 42.8 Å². The second-order valence-electron chi connectivity index (χ2n) is 5.59. The highest BCUT2D eigenvalue weighted by atomic mass is 16.1. The van der Waals surface area contributed by atoms with Crippen LogP contribution < -0.4 is 0 Å². The van der Waals surface area contributed by atoms with Crippen molar-refractivity contribution in [2.45, 2.75) is 44.9 Å². The molecule has 0 N–H and O–H groups in total. The lowest BCUT2D eigenvalue weighted by Crippen LogP contribution is -2.18.